The van der Waals surface area contributed by atoms with E-state index < -0.39 is 0 Å². The molecule has 0 radical (unpaired) electrons. The maximum atomic E-state index is 5.54. The molecule has 0 aliphatic carbocycles. The van der Waals surface area contributed by atoms with E-state index in [1.54, 1.807) is 14.2 Å². The Bertz CT molecular complexity index is 603. The highest BCUT2D eigenvalue weighted by Gasteiger charge is 2.15. The highest BCUT2D eigenvalue weighted by molar-refractivity contribution is 7.60. The molecule has 2 rings (SSSR count). The molecular formula is C22H32O2P2. The van der Waals surface area contributed by atoms with Crippen molar-refractivity contribution in [2.45, 2.75) is 26.2 Å². The maximum absolute atomic E-state index is 5.54. The van der Waals surface area contributed by atoms with Gasteiger partial charge in [0.15, 0.2) is 0 Å². The van der Waals surface area contributed by atoms with E-state index in [-0.39, 0.29) is 15.8 Å². The van der Waals surface area contributed by atoms with Gasteiger partial charge in [-0.15, -0.1) is 15.8 Å². The van der Waals surface area contributed by atoms with E-state index in [9.17, 15) is 0 Å². The fraction of sp³-hybridized carbons (Fsp3) is 0.455. The van der Waals surface area contributed by atoms with Crippen LogP contribution in [0, 0.1) is 0 Å². The molecule has 4 heteroatoms. The van der Waals surface area contributed by atoms with Gasteiger partial charge in [-0.25, -0.2) is 0 Å². The maximum Gasteiger partial charge on any atom is 0.122 e. The summed E-state index contributed by atoms with van der Waals surface area (Å²) in [7, 11) is 3.60. The molecule has 142 valence electrons. The van der Waals surface area contributed by atoms with Crippen molar-refractivity contribution in [3.05, 3.63) is 59.7 Å². The van der Waals surface area contributed by atoms with Crippen molar-refractivity contribution in [3.63, 3.8) is 0 Å². The monoisotopic (exact) mass is 390 g/mol. The second-order valence-electron chi connectivity index (χ2n) is 6.36. The molecule has 0 heterocycles. The summed E-state index contributed by atoms with van der Waals surface area (Å²) in [6, 6.07) is 17.0. The zero-order chi connectivity index (χ0) is 18.8. The Kier molecular flexibility index (Phi) is 9.44. The van der Waals surface area contributed by atoms with Crippen LogP contribution < -0.4 is 9.47 Å². The second kappa shape index (κ2) is 11.6. The van der Waals surface area contributed by atoms with Crippen molar-refractivity contribution < 1.29 is 9.47 Å². The van der Waals surface area contributed by atoms with Crippen LogP contribution in [-0.2, 0) is 12.3 Å². The molecule has 2 aromatic rings. The normalized spacial score (nSPS) is 13.2. The molecule has 0 aliphatic rings. The summed E-state index contributed by atoms with van der Waals surface area (Å²) in [5.74, 6) is 2.08. The van der Waals surface area contributed by atoms with Crippen molar-refractivity contribution in [3.8, 4) is 11.5 Å². The minimum absolute atomic E-state index is 0.0242. The van der Waals surface area contributed by atoms with Crippen molar-refractivity contribution >= 4 is 15.8 Å². The van der Waals surface area contributed by atoms with Gasteiger partial charge in [0.25, 0.3) is 0 Å². The molecule has 2 nitrogen and oxygen atoms in total. The van der Waals surface area contributed by atoms with E-state index in [1.165, 1.54) is 48.1 Å². The number of hydrogen-bond acceptors (Lipinski definition) is 2. The third-order valence-electron chi connectivity index (χ3n) is 4.80. The Hall–Kier alpha value is -1.10. The second-order valence-corrected chi connectivity index (χ2v) is 11.8. The lowest BCUT2D eigenvalue weighted by Gasteiger charge is -2.22. The summed E-state index contributed by atoms with van der Waals surface area (Å²) in [6.45, 7) is 4.69. The van der Waals surface area contributed by atoms with Gasteiger partial charge in [0.1, 0.15) is 11.5 Å². The first-order valence-electron chi connectivity index (χ1n) is 9.40. The van der Waals surface area contributed by atoms with E-state index in [2.05, 4.69) is 62.4 Å². The highest BCUT2D eigenvalue weighted by atomic mass is 31.1. The minimum Gasteiger partial charge on any atom is -0.496 e. The van der Waals surface area contributed by atoms with Crippen molar-refractivity contribution in [2.75, 3.05) is 38.9 Å². The van der Waals surface area contributed by atoms with Gasteiger partial charge in [0.05, 0.1) is 14.2 Å². The van der Waals surface area contributed by atoms with Crippen LogP contribution in [0.1, 0.15) is 25.0 Å². The molecule has 0 N–H and O–H groups in total. The van der Waals surface area contributed by atoms with Gasteiger partial charge in [-0.05, 0) is 60.2 Å². The predicted octanol–water partition coefficient (Wildman–Crippen LogP) is 6.41. The molecule has 0 saturated carbocycles. The number of para-hydroxylation sites is 2. The van der Waals surface area contributed by atoms with Crippen LogP contribution in [0.3, 0.4) is 0 Å². The minimum atomic E-state index is 0.0242. The first-order valence-corrected chi connectivity index (χ1v) is 13.2. The van der Waals surface area contributed by atoms with Crippen molar-refractivity contribution in [2.24, 2.45) is 0 Å². The molecule has 2 atom stereocenters. The number of ether oxygens (including phenoxy) is 2. The molecule has 0 spiro atoms. The van der Waals surface area contributed by atoms with Crippen LogP contribution >= 0.6 is 15.8 Å². The first-order chi connectivity index (χ1) is 12.7. The van der Waals surface area contributed by atoms with E-state index in [0.29, 0.717) is 0 Å². The van der Waals surface area contributed by atoms with Gasteiger partial charge in [-0.2, -0.15) is 0 Å². The lowest BCUT2D eigenvalue weighted by molar-refractivity contribution is 0.411. The molecule has 0 saturated heterocycles. The lowest BCUT2D eigenvalue weighted by Crippen LogP contribution is -2.01. The summed E-state index contributed by atoms with van der Waals surface area (Å²) < 4.78 is 11.1. The molecule has 2 aromatic carbocycles. The quantitative estimate of drug-likeness (QED) is 0.413. The Morgan fingerprint density at radius 3 is 1.38 bits per heavy atom. The Labute approximate surface area is 161 Å². The van der Waals surface area contributed by atoms with Gasteiger partial charge in [0, 0.05) is 0 Å². The summed E-state index contributed by atoms with van der Waals surface area (Å²) in [4.78, 5) is 0. The van der Waals surface area contributed by atoms with Crippen LogP contribution in [0.15, 0.2) is 48.5 Å². The van der Waals surface area contributed by atoms with Gasteiger partial charge < -0.3 is 9.47 Å². The third-order valence-corrected chi connectivity index (χ3v) is 10.2. The average molecular weight is 390 g/mol. The standard InChI is InChI=1S/C22H32O2P2/c1-5-25(17-19-11-7-9-13-21(19)23-3)15-16-26(6-2)18-20-12-8-10-14-22(20)24-4/h7-14H,5-6,15-18H2,1-4H3. The van der Waals surface area contributed by atoms with E-state index in [0.717, 1.165) is 11.5 Å². The molecule has 0 aromatic heterocycles. The highest BCUT2D eigenvalue weighted by Crippen LogP contribution is 2.48. The van der Waals surface area contributed by atoms with E-state index >= 15 is 0 Å². The van der Waals surface area contributed by atoms with Crippen LogP contribution in [0.5, 0.6) is 11.5 Å². The summed E-state index contributed by atoms with van der Waals surface area (Å²) >= 11 is 0. The molecule has 0 fully saturated rings. The SMILES string of the molecule is CCP(CCP(CC)Cc1ccccc1OC)Cc1ccccc1OC. The van der Waals surface area contributed by atoms with Gasteiger partial charge in [0.2, 0.25) is 0 Å². The number of methoxy groups -OCH3 is 2. The summed E-state index contributed by atoms with van der Waals surface area (Å²) in [5, 5.41) is 0. The third kappa shape index (κ3) is 6.26. The fourth-order valence-corrected chi connectivity index (χ4v) is 8.27. The molecule has 0 amide bonds. The Morgan fingerprint density at radius 2 is 1.04 bits per heavy atom. The fourth-order valence-electron chi connectivity index (χ4n) is 3.13. The van der Waals surface area contributed by atoms with Gasteiger partial charge >= 0.3 is 0 Å². The smallest absolute Gasteiger partial charge is 0.122 e. The van der Waals surface area contributed by atoms with Gasteiger partial charge in [-0.3, -0.25) is 0 Å². The predicted molar refractivity (Wildman–Crippen MR) is 118 cm³/mol. The zero-order valence-corrected chi connectivity index (χ0v) is 18.4. The Balaban J connectivity index is 1.95. The van der Waals surface area contributed by atoms with Crippen LogP contribution in [-0.4, -0.2) is 38.9 Å². The van der Waals surface area contributed by atoms with Crippen LogP contribution in [0.4, 0.5) is 0 Å². The van der Waals surface area contributed by atoms with E-state index in [1.807, 2.05) is 0 Å². The van der Waals surface area contributed by atoms with Gasteiger partial charge in [-0.1, -0.05) is 50.2 Å². The number of rotatable bonds is 11. The molecular weight excluding hydrogens is 358 g/mol. The molecule has 2 unspecified atom stereocenters. The van der Waals surface area contributed by atoms with E-state index in [4.69, 9.17) is 9.47 Å². The van der Waals surface area contributed by atoms with Crippen LogP contribution in [0.25, 0.3) is 0 Å². The lowest BCUT2D eigenvalue weighted by atomic mass is 10.2. The summed E-state index contributed by atoms with van der Waals surface area (Å²) in [6.07, 6.45) is 7.65. The zero-order valence-electron chi connectivity index (χ0n) is 16.6. The number of benzene rings is 2. The first kappa shape index (κ1) is 21.2. The molecule has 0 aliphatic heterocycles. The average Bonchev–Trinajstić information content (AvgIpc) is 2.70. The largest absolute Gasteiger partial charge is 0.496 e. The Morgan fingerprint density at radius 1 is 0.654 bits per heavy atom. The van der Waals surface area contributed by atoms with Crippen molar-refractivity contribution in [1.29, 1.82) is 0 Å². The van der Waals surface area contributed by atoms with Crippen LogP contribution in [0.2, 0.25) is 0 Å². The number of hydrogen-bond donors (Lipinski definition) is 0. The van der Waals surface area contributed by atoms with Crippen molar-refractivity contribution in [1.82, 2.24) is 0 Å². The topological polar surface area (TPSA) is 18.5 Å². The molecule has 26 heavy (non-hydrogen) atoms. The molecule has 0 bridgehead atoms. The summed E-state index contributed by atoms with van der Waals surface area (Å²) in [5.41, 5.74) is 2.74.